The van der Waals surface area contributed by atoms with Crippen LogP contribution in [0.25, 0.3) is 0 Å². The number of esters is 1. The van der Waals surface area contributed by atoms with Crippen LogP contribution in [0.15, 0.2) is 52.1 Å². The summed E-state index contributed by atoms with van der Waals surface area (Å²) >= 11 is 1.12. The molecule has 0 spiro atoms. The van der Waals surface area contributed by atoms with Gasteiger partial charge in [0.1, 0.15) is 5.75 Å². The Balaban J connectivity index is 1.50. The van der Waals surface area contributed by atoms with E-state index in [2.05, 4.69) is 15.5 Å². The standard InChI is InChI=1S/C22H23N3O5S/c1-4-28-21(27)16-9-6-10-17(11-16)23-18(26)13-31-22-25-24-19(30-22)12-29-20-14(2)7-5-8-15(20)3/h5-11H,4,12-13H2,1-3H3,(H,23,26). The molecule has 0 aliphatic carbocycles. The number of anilines is 1. The van der Waals surface area contributed by atoms with Crippen molar-refractivity contribution in [2.45, 2.75) is 32.6 Å². The van der Waals surface area contributed by atoms with Crippen LogP contribution in [0.4, 0.5) is 5.69 Å². The Morgan fingerprint density at radius 2 is 1.84 bits per heavy atom. The Kier molecular flexibility index (Phi) is 7.66. The quantitative estimate of drug-likeness (QED) is 0.390. The first-order valence-corrected chi connectivity index (χ1v) is 10.7. The zero-order valence-corrected chi connectivity index (χ0v) is 18.3. The Bertz CT molecular complexity index is 1050. The van der Waals surface area contributed by atoms with Crippen LogP contribution in [0.5, 0.6) is 5.75 Å². The van der Waals surface area contributed by atoms with Crippen molar-refractivity contribution in [3.63, 3.8) is 0 Å². The van der Waals surface area contributed by atoms with E-state index in [1.54, 1.807) is 31.2 Å². The van der Waals surface area contributed by atoms with Crippen molar-refractivity contribution >= 4 is 29.3 Å². The fourth-order valence-electron chi connectivity index (χ4n) is 2.78. The maximum absolute atomic E-state index is 12.2. The molecule has 1 heterocycles. The molecule has 1 amide bonds. The molecular formula is C22H23N3O5S. The highest BCUT2D eigenvalue weighted by Crippen LogP contribution is 2.24. The minimum absolute atomic E-state index is 0.0724. The summed E-state index contributed by atoms with van der Waals surface area (Å²) in [6, 6.07) is 12.5. The van der Waals surface area contributed by atoms with Crippen molar-refractivity contribution in [3.8, 4) is 5.75 Å². The summed E-state index contributed by atoms with van der Waals surface area (Å²) in [7, 11) is 0. The summed E-state index contributed by atoms with van der Waals surface area (Å²) in [5.74, 6) is 0.488. The van der Waals surface area contributed by atoms with E-state index >= 15 is 0 Å². The summed E-state index contributed by atoms with van der Waals surface area (Å²) in [5, 5.41) is 10.9. The second kappa shape index (κ2) is 10.6. The third-order valence-electron chi connectivity index (χ3n) is 4.18. The molecule has 0 fully saturated rings. The number of carbonyl (C=O) groups is 2. The van der Waals surface area contributed by atoms with Gasteiger partial charge in [0.25, 0.3) is 11.1 Å². The van der Waals surface area contributed by atoms with Gasteiger partial charge < -0.3 is 19.2 Å². The number of thioether (sulfide) groups is 1. The third-order valence-corrected chi connectivity index (χ3v) is 5.00. The molecule has 0 aliphatic heterocycles. The lowest BCUT2D eigenvalue weighted by Crippen LogP contribution is -2.14. The molecule has 0 radical (unpaired) electrons. The Labute approximate surface area is 184 Å². The molecule has 9 heteroatoms. The van der Waals surface area contributed by atoms with Gasteiger partial charge >= 0.3 is 5.97 Å². The maximum atomic E-state index is 12.2. The molecule has 8 nitrogen and oxygen atoms in total. The van der Waals surface area contributed by atoms with E-state index in [1.165, 1.54) is 0 Å². The van der Waals surface area contributed by atoms with Gasteiger partial charge in [-0.3, -0.25) is 4.79 Å². The average Bonchev–Trinajstić information content (AvgIpc) is 3.20. The highest BCUT2D eigenvalue weighted by atomic mass is 32.2. The van der Waals surface area contributed by atoms with E-state index in [0.717, 1.165) is 28.6 Å². The number of aromatic nitrogens is 2. The molecule has 0 saturated heterocycles. The number of carbonyl (C=O) groups excluding carboxylic acids is 2. The smallest absolute Gasteiger partial charge is 0.338 e. The zero-order chi connectivity index (χ0) is 22.2. The van der Waals surface area contributed by atoms with Crippen LogP contribution < -0.4 is 10.1 Å². The monoisotopic (exact) mass is 441 g/mol. The Morgan fingerprint density at radius 3 is 2.58 bits per heavy atom. The molecule has 1 N–H and O–H groups in total. The highest BCUT2D eigenvalue weighted by Gasteiger charge is 2.13. The van der Waals surface area contributed by atoms with Crippen molar-refractivity contribution in [2.75, 3.05) is 17.7 Å². The molecule has 0 aliphatic rings. The van der Waals surface area contributed by atoms with Gasteiger partial charge in [0.15, 0.2) is 6.61 Å². The average molecular weight is 442 g/mol. The maximum Gasteiger partial charge on any atom is 0.338 e. The predicted molar refractivity (Wildman–Crippen MR) is 116 cm³/mol. The van der Waals surface area contributed by atoms with Crippen LogP contribution in [0, 0.1) is 13.8 Å². The number of hydrogen-bond donors (Lipinski definition) is 1. The minimum Gasteiger partial charge on any atom is -0.483 e. The predicted octanol–water partition coefficient (Wildman–Crippen LogP) is 4.17. The molecule has 31 heavy (non-hydrogen) atoms. The SMILES string of the molecule is CCOC(=O)c1cccc(NC(=O)CSc2nnc(COc3c(C)cccc3C)o2)c1. The first-order chi connectivity index (χ1) is 15.0. The molecule has 0 unspecified atom stereocenters. The number of nitrogens with one attached hydrogen (secondary N) is 1. The normalized spacial score (nSPS) is 10.5. The van der Waals surface area contributed by atoms with Crippen molar-refractivity contribution < 1.29 is 23.5 Å². The number of benzene rings is 2. The summed E-state index contributed by atoms with van der Waals surface area (Å²) in [4.78, 5) is 24.0. The van der Waals surface area contributed by atoms with Gasteiger partial charge in [0, 0.05) is 5.69 Å². The van der Waals surface area contributed by atoms with Crippen molar-refractivity contribution in [2.24, 2.45) is 0 Å². The molecule has 2 aromatic carbocycles. The lowest BCUT2D eigenvalue weighted by Gasteiger charge is -2.09. The summed E-state index contributed by atoms with van der Waals surface area (Å²) in [6.45, 7) is 6.11. The Morgan fingerprint density at radius 1 is 1.10 bits per heavy atom. The molecule has 0 saturated carbocycles. The lowest BCUT2D eigenvalue weighted by atomic mass is 10.1. The fraction of sp³-hybridized carbons (Fsp3) is 0.273. The minimum atomic E-state index is -0.436. The van der Waals surface area contributed by atoms with Crippen LogP contribution >= 0.6 is 11.8 Å². The van der Waals surface area contributed by atoms with Gasteiger partial charge in [0.05, 0.1) is 17.9 Å². The summed E-state index contributed by atoms with van der Waals surface area (Å²) in [6.07, 6.45) is 0. The van der Waals surface area contributed by atoms with Crippen LogP contribution in [0.3, 0.4) is 0 Å². The lowest BCUT2D eigenvalue weighted by molar-refractivity contribution is -0.113. The largest absolute Gasteiger partial charge is 0.483 e. The molecule has 0 bridgehead atoms. The number of rotatable bonds is 9. The van der Waals surface area contributed by atoms with Crippen LogP contribution in [0.2, 0.25) is 0 Å². The number of nitrogens with zero attached hydrogens (tertiary/aromatic N) is 2. The van der Waals surface area contributed by atoms with E-state index in [0.29, 0.717) is 17.1 Å². The van der Waals surface area contributed by atoms with Gasteiger partial charge in [-0.05, 0) is 50.1 Å². The fourth-order valence-corrected chi connectivity index (χ4v) is 3.36. The van der Waals surface area contributed by atoms with E-state index in [9.17, 15) is 9.59 Å². The van der Waals surface area contributed by atoms with E-state index < -0.39 is 5.97 Å². The summed E-state index contributed by atoms with van der Waals surface area (Å²) in [5.41, 5.74) is 2.93. The van der Waals surface area contributed by atoms with Crippen LogP contribution in [-0.4, -0.2) is 34.4 Å². The Hall–Kier alpha value is -3.33. The second-order valence-corrected chi connectivity index (χ2v) is 7.54. The number of hydrogen-bond acceptors (Lipinski definition) is 8. The van der Waals surface area contributed by atoms with E-state index in [4.69, 9.17) is 13.9 Å². The molecule has 3 rings (SSSR count). The molecule has 3 aromatic rings. The molecule has 162 valence electrons. The van der Waals surface area contributed by atoms with Crippen molar-refractivity contribution in [1.82, 2.24) is 10.2 Å². The van der Waals surface area contributed by atoms with Gasteiger partial charge in [-0.1, -0.05) is 36.0 Å². The zero-order valence-electron chi connectivity index (χ0n) is 17.5. The van der Waals surface area contributed by atoms with Gasteiger partial charge in [-0.15, -0.1) is 10.2 Å². The van der Waals surface area contributed by atoms with E-state index in [1.807, 2.05) is 32.0 Å². The topological polar surface area (TPSA) is 104 Å². The molecule has 1 aromatic heterocycles. The number of amides is 1. The van der Waals surface area contributed by atoms with Crippen LogP contribution in [-0.2, 0) is 16.1 Å². The molecular weight excluding hydrogens is 418 g/mol. The van der Waals surface area contributed by atoms with Crippen LogP contribution in [0.1, 0.15) is 34.3 Å². The van der Waals surface area contributed by atoms with Gasteiger partial charge in [-0.25, -0.2) is 4.79 Å². The third kappa shape index (κ3) is 6.32. The number of aryl methyl sites for hydroxylation is 2. The van der Waals surface area contributed by atoms with Crippen molar-refractivity contribution in [3.05, 3.63) is 65.0 Å². The number of para-hydroxylation sites is 1. The molecule has 0 atom stereocenters. The van der Waals surface area contributed by atoms with Crippen molar-refractivity contribution in [1.29, 1.82) is 0 Å². The first kappa shape index (κ1) is 22.4. The number of ether oxygens (including phenoxy) is 2. The highest BCUT2D eigenvalue weighted by molar-refractivity contribution is 7.99. The summed E-state index contributed by atoms with van der Waals surface area (Å²) < 4.78 is 16.3. The first-order valence-electron chi connectivity index (χ1n) is 9.67. The second-order valence-electron chi connectivity index (χ2n) is 6.61. The van der Waals surface area contributed by atoms with Gasteiger partial charge in [-0.2, -0.15) is 0 Å². The van der Waals surface area contributed by atoms with Gasteiger partial charge in [0.2, 0.25) is 5.91 Å². The van der Waals surface area contributed by atoms with E-state index in [-0.39, 0.29) is 30.1 Å².